The van der Waals surface area contributed by atoms with Gasteiger partial charge < -0.3 is 0 Å². The topological polar surface area (TPSA) is 56.5 Å². The van der Waals surface area contributed by atoms with Crippen molar-refractivity contribution in [3.63, 3.8) is 0 Å². The van der Waals surface area contributed by atoms with E-state index in [1.165, 1.54) is 0 Å². The number of aromatic nitrogens is 5. The molecule has 3 rings (SSSR count). The number of nitrogens with zero attached hydrogens (tertiary/aromatic N) is 5. The van der Waals surface area contributed by atoms with Crippen molar-refractivity contribution >= 4 is 11.0 Å². The van der Waals surface area contributed by atoms with Gasteiger partial charge in [0.05, 0.1) is 5.39 Å². The molecule has 3 aromatic rings. The minimum Gasteiger partial charge on any atom is -0.250 e. The summed E-state index contributed by atoms with van der Waals surface area (Å²) in [5, 5.41) is 5.48. The van der Waals surface area contributed by atoms with Crippen LogP contribution < -0.4 is 0 Å². The Hall–Kier alpha value is -2.30. The van der Waals surface area contributed by atoms with Gasteiger partial charge >= 0.3 is 0 Å². The van der Waals surface area contributed by atoms with Crippen LogP contribution in [0.5, 0.6) is 0 Å². The van der Waals surface area contributed by atoms with Crippen LogP contribution in [0.4, 0.5) is 0 Å². The number of fused-ring (bicyclic) bond motifs is 1. The van der Waals surface area contributed by atoms with Gasteiger partial charge in [0.25, 0.3) is 0 Å². The highest BCUT2D eigenvalue weighted by Gasteiger charge is 2.15. The molecule has 96 valence electrons. The zero-order valence-electron chi connectivity index (χ0n) is 11.5. The molecule has 0 aromatic carbocycles. The smallest absolute Gasteiger partial charge is 0.181 e. The maximum Gasteiger partial charge on any atom is 0.181 e. The first-order chi connectivity index (χ1) is 9.08. The van der Waals surface area contributed by atoms with E-state index >= 15 is 0 Å². The molecule has 19 heavy (non-hydrogen) atoms. The van der Waals surface area contributed by atoms with Gasteiger partial charge in [-0.3, -0.25) is 0 Å². The van der Waals surface area contributed by atoms with Gasteiger partial charge in [0, 0.05) is 24.6 Å². The molecule has 0 aliphatic heterocycles. The Kier molecular flexibility index (Phi) is 2.55. The van der Waals surface area contributed by atoms with E-state index in [1.54, 1.807) is 10.9 Å². The highest BCUT2D eigenvalue weighted by Crippen LogP contribution is 2.24. The molecule has 0 aliphatic rings. The molecule has 0 spiro atoms. The van der Waals surface area contributed by atoms with Crippen LogP contribution in [0.1, 0.15) is 17.0 Å². The summed E-state index contributed by atoms with van der Waals surface area (Å²) in [6, 6.07) is 3.90. The van der Waals surface area contributed by atoms with Crippen LogP contribution in [-0.2, 0) is 7.05 Å². The fourth-order valence-corrected chi connectivity index (χ4v) is 2.13. The highest BCUT2D eigenvalue weighted by atomic mass is 15.3. The van der Waals surface area contributed by atoms with Gasteiger partial charge in [0.1, 0.15) is 5.69 Å². The molecule has 0 amide bonds. The van der Waals surface area contributed by atoms with Crippen molar-refractivity contribution in [1.82, 2.24) is 24.7 Å². The molecule has 3 aromatic heterocycles. The van der Waals surface area contributed by atoms with Crippen molar-refractivity contribution in [3.8, 4) is 11.5 Å². The van der Waals surface area contributed by atoms with E-state index in [-0.39, 0.29) is 0 Å². The maximum absolute atomic E-state index is 4.55. The first-order valence-corrected chi connectivity index (χ1v) is 6.18. The van der Waals surface area contributed by atoms with Crippen molar-refractivity contribution in [2.24, 2.45) is 7.05 Å². The van der Waals surface area contributed by atoms with E-state index in [0.29, 0.717) is 5.82 Å². The van der Waals surface area contributed by atoms with Crippen LogP contribution in [-0.4, -0.2) is 24.7 Å². The minimum atomic E-state index is 0.666. The van der Waals surface area contributed by atoms with Crippen molar-refractivity contribution in [3.05, 3.63) is 35.3 Å². The van der Waals surface area contributed by atoms with Gasteiger partial charge in [-0.15, -0.1) is 0 Å². The van der Waals surface area contributed by atoms with Gasteiger partial charge in [-0.25, -0.2) is 19.6 Å². The summed E-state index contributed by atoms with van der Waals surface area (Å²) in [5.74, 6) is 0.666. The molecule has 0 unspecified atom stereocenters. The largest absolute Gasteiger partial charge is 0.250 e. The van der Waals surface area contributed by atoms with E-state index < -0.39 is 0 Å². The van der Waals surface area contributed by atoms with Crippen LogP contribution >= 0.6 is 0 Å². The lowest BCUT2D eigenvalue weighted by molar-refractivity contribution is 0.786. The number of aryl methyl sites for hydroxylation is 3. The van der Waals surface area contributed by atoms with Crippen LogP contribution in [0.25, 0.3) is 22.6 Å². The molecule has 0 atom stereocenters. The predicted octanol–water partition coefficient (Wildman–Crippen LogP) is 2.35. The number of pyridine rings is 1. The SMILES string of the molecule is Cc1nc(-c2nn(C)c3ncccc23)nc(C)c1C. The molecular formula is C14H15N5. The molecule has 0 saturated carbocycles. The van der Waals surface area contributed by atoms with E-state index in [1.807, 2.05) is 40.0 Å². The predicted molar refractivity (Wildman–Crippen MR) is 73.7 cm³/mol. The number of rotatable bonds is 1. The number of hydrogen-bond donors (Lipinski definition) is 0. The average molecular weight is 253 g/mol. The Labute approximate surface area is 111 Å². The maximum atomic E-state index is 4.55. The molecule has 0 radical (unpaired) electrons. The van der Waals surface area contributed by atoms with Gasteiger partial charge in [-0.05, 0) is 38.5 Å². The van der Waals surface area contributed by atoms with Crippen molar-refractivity contribution in [2.75, 3.05) is 0 Å². The third-order valence-corrected chi connectivity index (χ3v) is 3.44. The fraction of sp³-hybridized carbons (Fsp3) is 0.286. The van der Waals surface area contributed by atoms with E-state index in [9.17, 15) is 0 Å². The average Bonchev–Trinajstić information content (AvgIpc) is 2.74. The Balaban J connectivity index is 2.31. The summed E-state index contributed by atoms with van der Waals surface area (Å²) >= 11 is 0. The molecular weight excluding hydrogens is 238 g/mol. The second-order valence-corrected chi connectivity index (χ2v) is 4.69. The summed E-state index contributed by atoms with van der Waals surface area (Å²) in [7, 11) is 1.88. The van der Waals surface area contributed by atoms with Gasteiger partial charge in [0.15, 0.2) is 11.5 Å². The Morgan fingerprint density at radius 3 is 2.42 bits per heavy atom. The first kappa shape index (κ1) is 11.8. The van der Waals surface area contributed by atoms with Gasteiger partial charge in [-0.1, -0.05) is 0 Å². The standard InChI is InChI=1S/C14H15N5/c1-8-9(2)16-13(17-10(8)3)12-11-6-5-7-15-14(11)19(4)18-12/h5-7H,1-4H3. The molecule has 0 bridgehead atoms. The van der Waals surface area contributed by atoms with Crippen molar-refractivity contribution in [1.29, 1.82) is 0 Å². The number of hydrogen-bond acceptors (Lipinski definition) is 4. The summed E-state index contributed by atoms with van der Waals surface area (Å²) in [6.45, 7) is 6.03. The Morgan fingerprint density at radius 2 is 1.74 bits per heavy atom. The van der Waals surface area contributed by atoms with E-state index in [0.717, 1.165) is 33.7 Å². The summed E-state index contributed by atoms with van der Waals surface area (Å²) in [6.07, 6.45) is 1.76. The third kappa shape index (κ3) is 1.78. The quantitative estimate of drug-likeness (QED) is 0.668. The lowest BCUT2D eigenvalue weighted by Crippen LogP contribution is -2.00. The molecule has 0 fully saturated rings. The van der Waals surface area contributed by atoms with E-state index in [2.05, 4.69) is 20.1 Å². The fourth-order valence-electron chi connectivity index (χ4n) is 2.13. The van der Waals surface area contributed by atoms with Crippen LogP contribution in [0.3, 0.4) is 0 Å². The Morgan fingerprint density at radius 1 is 1.05 bits per heavy atom. The van der Waals surface area contributed by atoms with E-state index in [4.69, 9.17) is 0 Å². The van der Waals surface area contributed by atoms with Crippen molar-refractivity contribution < 1.29 is 0 Å². The van der Waals surface area contributed by atoms with Gasteiger partial charge in [0.2, 0.25) is 0 Å². The summed E-state index contributed by atoms with van der Waals surface area (Å²) in [5.41, 5.74) is 4.74. The molecule has 5 heteroatoms. The molecule has 3 heterocycles. The lowest BCUT2D eigenvalue weighted by Gasteiger charge is -2.05. The van der Waals surface area contributed by atoms with Crippen LogP contribution in [0.15, 0.2) is 18.3 Å². The second-order valence-electron chi connectivity index (χ2n) is 4.69. The Bertz CT molecular complexity index is 750. The summed E-state index contributed by atoms with van der Waals surface area (Å²) < 4.78 is 1.76. The zero-order valence-corrected chi connectivity index (χ0v) is 11.5. The molecule has 0 aliphatic carbocycles. The highest BCUT2D eigenvalue weighted by molar-refractivity contribution is 5.89. The van der Waals surface area contributed by atoms with Crippen LogP contribution in [0, 0.1) is 20.8 Å². The third-order valence-electron chi connectivity index (χ3n) is 3.44. The summed E-state index contributed by atoms with van der Waals surface area (Å²) in [4.78, 5) is 13.4. The van der Waals surface area contributed by atoms with Crippen LogP contribution in [0.2, 0.25) is 0 Å². The molecule has 0 N–H and O–H groups in total. The molecule has 0 saturated heterocycles. The minimum absolute atomic E-state index is 0.666. The zero-order chi connectivity index (χ0) is 13.6. The first-order valence-electron chi connectivity index (χ1n) is 6.18. The second kappa shape index (κ2) is 4.12. The monoisotopic (exact) mass is 253 g/mol. The van der Waals surface area contributed by atoms with Gasteiger partial charge in [-0.2, -0.15) is 5.10 Å². The lowest BCUT2D eigenvalue weighted by atomic mass is 10.2. The normalized spacial score (nSPS) is 11.2. The van der Waals surface area contributed by atoms with Crippen molar-refractivity contribution in [2.45, 2.75) is 20.8 Å². The molecule has 5 nitrogen and oxygen atoms in total.